The maximum Gasteiger partial charge on any atom is 0.337 e. The van der Waals surface area contributed by atoms with Crippen LogP contribution < -0.4 is 4.90 Å². The van der Waals surface area contributed by atoms with Crippen molar-refractivity contribution in [2.24, 2.45) is 0 Å². The van der Waals surface area contributed by atoms with Crippen molar-refractivity contribution in [2.75, 3.05) is 18.2 Å². The predicted molar refractivity (Wildman–Crippen MR) is 141 cm³/mol. The van der Waals surface area contributed by atoms with Gasteiger partial charge in [-0.2, -0.15) is 5.10 Å². The van der Waals surface area contributed by atoms with Crippen molar-refractivity contribution in [1.29, 1.82) is 0 Å². The zero-order chi connectivity index (χ0) is 24.8. The Morgan fingerprint density at radius 2 is 1.89 bits per heavy atom. The van der Waals surface area contributed by atoms with Crippen LogP contribution in [0.4, 0.5) is 11.4 Å². The molecule has 0 saturated carbocycles. The number of carboxylic acids is 1. The van der Waals surface area contributed by atoms with Gasteiger partial charge in [-0.3, -0.25) is 5.10 Å². The van der Waals surface area contributed by atoms with Gasteiger partial charge in [0, 0.05) is 32.0 Å². The topological polar surface area (TPSA) is 91.3 Å². The maximum absolute atomic E-state index is 11.9. The van der Waals surface area contributed by atoms with E-state index in [-0.39, 0.29) is 12.3 Å². The van der Waals surface area contributed by atoms with Crippen molar-refractivity contribution >= 4 is 36.3 Å². The molecule has 0 atom stereocenters. The second-order valence-electron chi connectivity index (χ2n) is 9.36. The molecule has 0 aliphatic heterocycles. The Balaban J connectivity index is 1.66. The molecule has 0 unspecified atom stereocenters. The van der Waals surface area contributed by atoms with Crippen LogP contribution in [0.5, 0.6) is 0 Å². The predicted octanol–water partition coefficient (Wildman–Crippen LogP) is 5.51. The summed E-state index contributed by atoms with van der Waals surface area (Å²) >= 11 is 0. The van der Waals surface area contributed by atoms with Gasteiger partial charge < -0.3 is 14.7 Å². The molecule has 0 aliphatic carbocycles. The third-order valence-electron chi connectivity index (χ3n) is 5.47. The van der Waals surface area contributed by atoms with Crippen LogP contribution in [0, 0.1) is 11.8 Å². The van der Waals surface area contributed by atoms with Crippen LogP contribution >= 0.6 is 0 Å². The van der Waals surface area contributed by atoms with Gasteiger partial charge in [0.1, 0.15) is 18.1 Å². The number of para-hydroxylation sites is 1. The first-order valence-electron chi connectivity index (χ1n) is 11.4. The van der Waals surface area contributed by atoms with E-state index < -0.39 is 14.0 Å². The molecule has 0 bridgehead atoms. The standard InChI is InChI=1S/C27H28N4O3Si/c1-35(2,3)17-16-34-19-31(26-10-5-4-9-23(26)27(32)33)21-12-13-22-24(29-30-25(22)18-21)14-11-20-8-6-7-15-28-20/h4-10,12-13,15,18H,16-17,19H2,1-3H3,(H,29,30)(H,32,33). The molecule has 2 N–H and O–H groups in total. The fourth-order valence-corrected chi connectivity index (χ4v) is 4.29. The largest absolute Gasteiger partial charge is 0.478 e. The van der Waals surface area contributed by atoms with Crippen molar-refractivity contribution < 1.29 is 14.6 Å². The fraction of sp³-hybridized carbons (Fsp3) is 0.222. The van der Waals surface area contributed by atoms with Crippen LogP contribution in [0.15, 0.2) is 66.9 Å². The number of rotatable bonds is 8. The van der Waals surface area contributed by atoms with E-state index in [0.717, 1.165) is 22.6 Å². The normalized spacial score (nSPS) is 11.2. The Bertz CT molecular complexity index is 1380. The molecule has 0 saturated heterocycles. The molecule has 4 rings (SSSR count). The van der Waals surface area contributed by atoms with Crippen LogP contribution in [-0.2, 0) is 4.74 Å². The molecule has 35 heavy (non-hydrogen) atoms. The third kappa shape index (κ3) is 6.15. The minimum Gasteiger partial charge on any atom is -0.478 e. The van der Waals surface area contributed by atoms with Crippen LogP contribution in [0.1, 0.15) is 21.7 Å². The van der Waals surface area contributed by atoms with Crippen molar-refractivity contribution in [3.8, 4) is 11.8 Å². The Labute approximate surface area is 205 Å². The molecule has 2 heterocycles. The highest BCUT2D eigenvalue weighted by Gasteiger charge is 2.19. The number of carboxylic acid groups (broad SMARTS) is 1. The summed E-state index contributed by atoms with van der Waals surface area (Å²) in [5.41, 5.74) is 3.67. The van der Waals surface area contributed by atoms with E-state index in [4.69, 9.17) is 4.74 Å². The smallest absolute Gasteiger partial charge is 0.337 e. The molecule has 2 aromatic heterocycles. The summed E-state index contributed by atoms with van der Waals surface area (Å²) in [6.07, 6.45) is 1.71. The molecule has 0 spiro atoms. The average Bonchev–Trinajstić information content (AvgIpc) is 3.25. The molecule has 178 valence electrons. The molecule has 8 heteroatoms. The lowest BCUT2D eigenvalue weighted by Crippen LogP contribution is -2.26. The number of ether oxygens (including phenoxy) is 1. The molecule has 0 aliphatic rings. The van der Waals surface area contributed by atoms with Gasteiger partial charge in [0.15, 0.2) is 0 Å². The number of benzene rings is 2. The Hall–Kier alpha value is -3.93. The number of hydrogen-bond donors (Lipinski definition) is 2. The van der Waals surface area contributed by atoms with Gasteiger partial charge in [-0.25, -0.2) is 9.78 Å². The lowest BCUT2D eigenvalue weighted by atomic mass is 10.1. The average molecular weight is 485 g/mol. The first-order valence-corrected chi connectivity index (χ1v) is 15.1. The first-order chi connectivity index (χ1) is 16.8. The zero-order valence-corrected chi connectivity index (χ0v) is 21.1. The summed E-state index contributed by atoms with van der Waals surface area (Å²) < 4.78 is 6.03. The quantitative estimate of drug-likeness (QED) is 0.148. The number of nitrogens with one attached hydrogen (secondary N) is 1. The highest BCUT2D eigenvalue weighted by molar-refractivity contribution is 6.76. The number of anilines is 2. The molecule has 0 radical (unpaired) electrons. The van der Waals surface area contributed by atoms with Gasteiger partial charge in [-0.15, -0.1) is 0 Å². The number of H-pyrrole nitrogens is 1. The number of aromatic amines is 1. The highest BCUT2D eigenvalue weighted by Crippen LogP contribution is 2.31. The van der Waals surface area contributed by atoms with Gasteiger partial charge in [0.2, 0.25) is 0 Å². The molecular weight excluding hydrogens is 456 g/mol. The van der Waals surface area contributed by atoms with E-state index in [1.54, 1.807) is 24.4 Å². The van der Waals surface area contributed by atoms with Crippen molar-refractivity contribution in [3.63, 3.8) is 0 Å². The van der Waals surface area contributed by atoms with Gasteiger partial charge in [0.25, 0.3) is 0 Å². The summed E-state index contributed by atoms with van der Waals surface area (Å²) in [4.78, 5) is 18.0. The van der Waals surface area contributed by atoms with E-state index in [1.807, 2.05) is 47.4 Å². The van der Waals surface area contributed by atoms with Gasteiger partial charge in [-0.1, -0.05) is 37.8 Å². The number of aromatic nitrogens is 3. The summed E-state index contributed by atoms with van der Waals surface area (Å²) in [5, 5.41) is 18.1. The number of nitrogens with zero attached hydrogens (tertiary/aromatic N) is 3. The number of fused-ring (bicyclic) bond motifs is 1. The maximum atomic E-state index is 11.9. The fourth-order valence-electron chi connectivity index (χ4n) is 3.53. The highest BCUT2D eigenvalue weighted by atomic mass is 28.3. The zero-order valence-electron chi connectivity index (χ0n) is 20.1. The second kappa shape index (κ2) is 10.6. The molecular formula is C27H28N4O3Si. The molecule has 0 amide bonds. The van der Waals surface area contributed by atoms with E-state index >= 15 is 0 Å². The van der Waals surface area contributed by atoms with Crippen LogP contribution in [0.25, 0.3) is 10.9 Å². The van der Waals surface area contributed by atoms with Crippen LogP contribution in [0.2, 0.25) is 25.7 Å². The summed E-state index contributed by atoms with van der Waals surface area (Å²) in [7, 11) is -1.25. The SMILES string of the molecule is C[Si](C)(C)CCOCN(c1ccc2c(C#Cc3ccccn3)[nH]nc2c1)c1ccccc1C(=O)O. The monoisotopic (exact) mass is 484 g/mol. The molecule has 0 fully saturated rings. The van der Waals surface area contributed by atoms with Crippen molar-refractivity contribution in [1.82, 2.24) is 15.2 Å². The Morgan fingerprint density at radius 3 is 2.63 bits per heavy atom. The Kier molecular flexibility index (Phi) is 7.30. The van der Waals surface area contributed by atoms with Crippen molar-refractivity contribution in [3.05, 3.63) is 83.8 Å². The lowest BCUT2D eigenvalue weighted by molar-refractivity contribution is 0.0697. The number of aromatic carboxylic acids is 1. The van der Waals surface area contributed by atoms with E-state index in [1.165, 1.54) is 0 Å². The van der Waals surface area contributed by atoms with Gasteiger partial charge in [0.05, 0.1) is 16.8 Å². The first kappa shape index (κ1) is 24.2. The summed E-state index contributed by atoms with van der Waals surface area (Å²) in [5.74, 6) is 5.16. The number of pyridine rings is 1. The minimum atomic E-state index is -1.25. The van der Waals surface area contributed by atoms with Gasteiger partial charge >= 0.3 is 5.97 Å². The molecule has 2 aromatic carbocycles. The van der Waals surface area contributed by atoms with Crippen LogP contribution in [-0.4, -0.2) is 47.7 Å². The summed E-state index contributed by atoms with van der Waals surface area (Å²) in [6.45, 7) is 7.76. The molecule has 7 nitrogen and oxygen atoms in total. The van der Waals surface area contributed by atoms with Crippen molar-refractivity contribution in [2.45, 2.75) is 25.7 Å². The van der Waals surface area contributed by atoms with E-state index in [0.29, 0.717) is 23.7 Å². The number of hydrogen-bond acceptors (Lipinski definition) is 5. The molecule has 4 aromatic rings. The Morgan fingerprint density at radius 1 is 1.09 bits per heavy atom. The van der Waals surface area contributed by atoms with Gasteiger partial charge in [-0.05, 0) is 60.3 Å². The summed E-state index contributed by atoms with van der Waals surface area (Å²) in [6, 6.07) is 19.4. The van der Waals surface area contributed by atoms with Crippen LogP contribution in [0.3, 0.4) is 0 Å². The van der Waals surface area contributed by atoms with E-state index in [2.05, 4.69) is 46.7 Å². The number of carbonyl (C=O) groups is 1. The lowest BCUT2D eigenvalue weighted by Gasteiger charge is -2.27. The second-order valence-corrected chi connectivity index (χ2v) is 15.0. The van der Waals surface area contributed by atoms with E-state index in [9.17, 15) is 9.90 Å². The minimum absolute atomic E-state index is 0.213. The third-order valence-corrected chi connectivity index (χ3v) is 7.18.